The van der Waals surface area contributed by atoms with Gasteiger partial charge in [0.2, 0.25) is 0 Å². The summed E-state index contributed by atoms with van der Waals surface area (Å²) in [5.74, 6) is 0.467. The molecule has 1 heterocycles. The number of hydrogen-bond donors (Lipinski definition) is 0. The fraction of sp³-hybridized carbons (Fsp3) is 0.462. The molecule has 0 aliphatic heterocycles. The molecule has 0 saturated carbocycles. The van der Waals surface area contributed by atoms with Crippen molar-refractivity contribution in [3.05, 3.63) is 38.9 Å². The predicted octanol–water partition coefficient (Wildman–Crippen LogP) is 3.16. The first-order valence-electron chi connectivity index (χ1n) is 6.36. The van der Waals surface area contributed by atoms with Gasteiger partial charge >= 0.3 is 5.76 Å². The van der Waals surface area contributed by atoms with Crippen LogP contribution in [0.5, 0.6) is 0 Å². The Balaban J connectivity index is 2.31. The number of benzene rings is 1. The summed E-state index contributed by atoms with van der Waals surface area (Å²) in [6.45, 7) is 2.52. The van der Waals surface area contributed by atoms with E-state index in [9.17, 15) is 14.9 Å². The van der Waals surface area contributed by atoms with Gasteiger partial charge in [0.05, 0.1) is 10.4 Å². The summed E-state index contributed by atoms with van der Waals surface area (Å²) in [6, 6.07) is 4.14. The van der Waals surface area contributed by atoms with Crippen molar-refractivity contribution in [1.82, 2.24) is 4.57 Å². The number of hydrogen-bond acceptors (Lipinski definition) is 4. The number of halogens is 1. The third kappa shape index (κ3) is 3.01. The highest BCUT2D eigenvalue weighted by Crippen LogP contribution is 2.21. The van der Waals surface area contributed by atoms with Crippen LogP contribution in [0, 0.1) is 16.0 Å². The predicted molar refractivity (Wildman–Crippen MR) is 76.2 cm³/mol. The van der Waals surface area contributed by atoms with Crippen LogP contribution in [-0.4, -0.2) is 15.4 Å². The Morgan fingerprint density at radius 3 is 2.85 bits per heavy atom. The molecule has 0 fully saturated rings. The minimum absolute atomic E-state index is 0.0548. The molecule has 0 bridgehead atoms. The summed E-state index contributed by atoms with van der Waals surface area (Å²) in [6.07, 6.45) is 1.64. The van der Waals surface area contributed by atoms with Crippen LogP contribution in [0.3, 0.4) is 0 Å². The van der Waals surface area contributed by atoms with Crippen LogP contribution in [0.15, 0.2) is 27.4 Å². The number of oxazole rings is 1. The van der Waals surface area contributed by atoms with E-state index < -0.39 is 10.7 Å². The molecule has 0 amide bonds. The standard InChI is InChI=1S/C13H15ClN2O4/c1-9(4-6-14)5-7-15-11-8-10(16(18)19)2-3-12(11)20-13(15)17/h2-3,8-9H,4-7H2,1H3. The fourth-order valence-electron chi connectivity index (χ4n) is 2.06. The molecule has 6 nitrogen and oxygen atoms in total. The van der Waals surface area contributed by atoms with Crippen LogP contribution in [0.2, 0.25) is 0 Å². The Morgan fingerprint density at radius 1 is 1.45 bits per heavy atom. The Morgan fingerprint density at radius 2 is 2.20 bits per heavy atom. The van der Waals surface area contributed by atoms with E-state index >= 15 is 0 Å². The molecular weight excluding hydrogens is 284 g/mol. The summed E-state index contributed by atoms with van der Waals surface area (Å²) in [5, 5.41) is 10.8. The third-order valence-electron chi connectivity index (χ3n) is 3.31. The lowest BCUT2D eigenvalue weighted by Crippen LogP contribution is -2.16. The molecule has 20 heavy (non-hydrogen) atoms. The van der Waals surface area contributed by atoms with E-state index in [2.05, 4.69) is 6.92 Å². The van der Waals surface area contributed by atoms with E-state index in [1.54, 1.807) is 0 Å². The van der Waals surface area contributed by atoms with Crippen LogP contribution in [0.25, 0.3) is 11.1 Å². The van der Waals surface area contributed by atoms with E-state index in [1.807, 2.05) is 0 Å². The zero-order valence-electron chi connectivity index (χ0n) is 11.0. The van der Waals surface area contributed by atoms with Gasteiger partial charge in [-0.2, -0.15) is 0 Å². The van der Waals surface area contributed by atoms with Gasteiger partial charge in [-0.3, -0.25) is 14.7 Å². The van der Waals surface area contributed by atoms with Gasteiger partial charge in [0, 0.05) is 24.6 Å². The van der Waals surface area contributed by atoms with Crippen LogP contribution in [0.1, 0.15) is 19.8 Å². The lowest BCUT2D eigenvalue weighted by atomic mass is 10.1. The molecule has 1 aromatic carbocycles. The second-order valence-corrected chi connectivity index (χ2v) is 5.18. The van der Waals surface area contributed by atoms with E-state index in [-0.39, 0.29) is 5.69 Å². The highest BCUT2D eigenvalue weighted by molar-refractivity contribution is 6.17. The monoisotopic (exact) mass is 298 g/mol. The topological polar surface area (TPSA) is 78.3 Å². The number of non-ortho nitro benzene ring substituents is 1. The minimum atomic E-state index is -0.489. The van der Waals surface area contributed by atoms with Gasteiger partial charge in [0.25, 0.3) is 5.69 Å². The minimum Gasteiger partial charge on any atom is -0.408 e. The summed E-state index contributed by atoms with van der Waals surface area (Å²) in [7, 11) is 0. The Hall–Kier alpha value is -1.82. The molecule has 1 aromatic heterocycles. The number of nitrogens with zero attached hydrogens (tertiary/aromatic N) is 2. The number of aromatic nitrogens is 1. The lowest BCUT2D eigenvalue weighted by molar-refractivity contribution is -0.384. The first kappa shape index (κ1) is 14.6. The maximum atomic E-state index is 11.8. The second kappa shape index (κ2) is 6.09. The SMILES string of the molecule is CC(CCCl)CCn1c(=O)oc2ccc([N+](=O)[O-])cc21. The largest absolute Gasteiger partial charge is 0.419 e. The molecule has 0 N–H and O–H groups in total. The van der Waals surface area contributed by atoms with Crippen molar-refractivity contribution in [1.29, 1.82) is 0 Å². The van der Waals surface area contributed by atoms with Crippen molar-refractivity contribution >= 4 is 28.4 Å². The zero-order chi connectivity index (χ0) is 14.7. The Kier molecular flexibility index (Phi) is 4.44. The number of alkyl halides is 1. The quantitative estimate of drug-likeness (QED) is 0.466. The highest BCUT2D eigenvalue weighted by atomic mass is 35.5. The lowest BCUT2D eigenvalue weighted by Gasteiger charge is -2.09. The molecular formula is C13H15ClN2O4. The first-order valence-corrected chi connectivity index (χ1v) is 6.90. The van der Waals surface area contributed by atoms with Crippen molar-refractivity contribution in [3.8, 4) is 0 Å². The maximum Gasteiger partial charge on any atom is 0.419 e. The molecule has 1 atom stereocenters. The Labute approximate surface area is 120 Å². The average Bonchev–Trinajstić information content (AvgIpc) is 2.71. The normalized spacial score (nSPS) is 12.7. The molecule has 2 aromatic rings. The van der Waals surface area contributed by atoms with Crippen molar-refractivity contribution in [2.24, 2.45) is 5.92 Å². The number of rotatable bonds is 6. The van der Waals surface area contributed by atoms with Crippen molar-refractivity contribution in [2.45, 2.75) is 26.3 Å². The van der Waals surface area contributed by atoms with Crippen LogP contribution >= 0.6 is 11.6 Å². The molecule has 0 spiro atoms. The number of aryl methyl sites for hydroxylation is 1. The molecule has 2 rings (SSSR count). The second-order valence-electron chi connectivity index (χ2n) is 4.80. The van der Waals surface area contributed by atoms with Gasteiger partial charge < -0.3 is 4.42 Å². The fourth-order valence-corrected chi connectivity index (χ4v) is 2.43. The van der Waals surface area contributed by atoms with Crippen LogP contribution < -0.4 is 5.76 Å². The van der Waals surface area contributed by atoms with Gasteiger partial charge in [-0.05, 0) is 24.8 Å². The van der Waals surface area contributed by atoms with E-state index in [4.69, 9.17) is 16.0 Å². The van der Waals surface area contributed by atoms with Crippen molar-refractivity contribution < 1.29 is 9.34 Å². The van der Waals surface area contributed by atoms with E-state index in [0.717, 1.165) is 12.8 Å². The number of nitro groups is 1. The van der Waals surface area contributed by atoms with Gasteiger partial charge in [0.1, 0.15) is 0 Å². The molecule has 0 aliphatic carbocycles. The summed E-state index contributed by atoms with van der Waals surface area (Å²) in [4.78, 5) is 22.1. The summed E-state index contributed by atoms with van der Waals surface area (Å²) in [5.41, 5.74) is 0.772. The molecule has 0 radical (unpaired) electrons. The number of fused-ring (bicyclic) bond motifs is 1. The number of nitro benzene ring substituents is 1. The van der Waals surface area contributed by atoms with Crippen LogP contribution in [-0.2, 0) is 6.54 Å². The Bertz CT molecular complexity index is 677. The van der Waals surface area contributed by atoms with Gasteiger partial charge in [-0.1, -0.05) is 6.92 Å². The molecule has 7 heteroatoms. The maximum absolute atomic E-state index is 11.8. The van der Waals surface area contributed by atoms with Gasteiger partial charge in [0.15, 0.2) is 5.58 Å². The summed E-state index contributed by atoms with van der Waals surface area (Å²) < 4.78 is 6.52. The zero-order valence-corrected chi connectivity index (χ0v) is 11.8. The van der Waals surface area contributed by atoms with E-state index in [1.165, 1.54) is 22.8 Å². The first-order chi connectivity index (χ1) is 9.52. The molecule has 1 unspecified atom stereocenters. The van der Waals surface area contributed by atoms with Crippen molar-refractivity contribution in [3.63, 3.8) is 0 Å². The van der Waals surface area contributed by atoms with Gasteiger partial charge in [-0.25, -0.2) is 4.79 Å². The van der Waals surface area contributed by atoms with Crippen molar-refractivity contribution in [2.75, 3.05) is 5.88 Å². The highest BCUT2D eigenvalue weighted by Gasteiger charge is 2.14. The smallest absolute Gasteiger partial charge is 0.408 e. The molecule has 0 aliphatic rings. The summed E-state index contributed by atoms with van der Waals surface area (Å²) >= 11 is 5.68. The average molecular weight is 299 g/mol. The molecule has 0 saturated heterocycles. The molecule has 108 valence electrons. The van der Waals surface area contributed by atoms with Crippen LogP contribution in [0.4, 0.5) is 5.69 Å². The van der Waals surface area contributed by atoms with Gasteiger partial charge in [-0.15, -0.1) is 11.6 Å². The third-order valence-corrected chi connectivity index (χ3v) is 3.53. The van der Waals surface area contributed by atoms with E-state index in [0.29, 0.717) is 29.4 Å².